The van der Waals surface area contributed by atoms with E-state index < -0.39 is 6.61 Å². The van der Waals surface area contributed by atoms with Crippen LogP contribution in [0.15, 0.2) is 65.3 Å². The van der Waals surface area contributed by atoms with Gasteiger partial charge in [-0.1, -0.05) is 12.1 Å². The molecule has 0 aliphatic heterocycles. The summed E-state index contributed by atoms with van der Waals surface area (Å²) in [7, 11) is 1.53. The number of hydrogen-bond acceptors (Lipinski definition) is 5. The molecule has 0 spiro atoms. The summed E-state index contributed by atoms with van der Waals surface area (Å²) < 4.78 is 40.4. The van der Waals surface area contributed by atoms with E-state index in [4.69, 9.17) is 9.15 Å². The Morgan fingerprint density at radius 1 is 1.09 bits per heavy atom. The van der Waals surface area contributed by atoms with Gasteiger partial charge in [0.15, 0.2) is 5.76 Å². The number of carbonyl (C=O) groups excluding carboxylic acids is 2. The van der Waals surface area contributed by atoms with Crippen LogP contribution in [0.5, 0.6) is 11.5 Å². The smallest absolute Gasteiger partial charge is 0.387 e. The van der Waals surface area contributed by atoms with E-state index in [1.54, 1.807) is 42.5 Å². The van der Waals surface area contributed by atoms with E-state index in [0.29, 0.717) is 35.5 Å². The number of ether oxygens (including phenoxy) is 2. The van der Waals surface area contributed by atoms with Crippen molar-refractivity contribution in [2.75, 3.05) is 19.0 Å². The molecule has 7 nitrogen and oxygen atoms in total. The molecule has 32 heavy (non-hydrogen) atoms. The van der Waals surface area contributed by atoms with Gasteiger partial charge in [0.2, 0.25) is 5.91 Å². The molecule has 1 aromatic heterocycles. The number of hydrogen-bond donors (Lipinski definition) is 2. The highest BCUT2D eigenvalue weighted by Gasteiger charge is 2.14. The zero-order chi connectivity index (χ0) is 22.9. The van der Waals surface area contributed by atoms with Crippen molar-refractivity contribution in [1.29, 1.82) is 0 Å². The Morgan fingerprint density at radius 2 is 1.88 bits per heavy atom. The monoisotopic (exact) mass is 444 g/mol. The molecule has 168 valence electrons. The fourth-order valence-electron chi connectivity index (χ4n) is 2.97. The summed E-state index contributed by atoms with van der Waals surface area (Å²) in [6.45, 7) is -2.69. The third-order valence-corrected chi connectivity index (χ3v) is 4.49. The Labute approximate surface area is 183 Å². The number of rotatable bonds is 10. The third-order valence-electron chi connectivity index (χ3n) is 4.49. The number of furan rings is 1. The van der Waals surface area contributed by atoms with Gasteiger partial charge in [0.05, 0.1) is 13.4 Å². The molecule has 0 aliphatic rings. The molecular formula is C23H22F2N2O5. The number of nitrogens with one attached hydrogen (secondary N) is 2. The van der Waals surface area contributed by atoms with Crippen LogP contribution in [0, 0.1) is 0 Å². The summed E-state index contributed by atoms with van der Waals surface area (Å²) in [6, 6.07) is 14.4. The number of methoxy groups -OCH3 is 1. The van der Waals surface area contributed by atoms with Gasteiger partial charge >= 0.3 is 6.61 Å². The first-order chi connectivity index (χ1) is 15.5. The van der Waals surface area contributed by atoms with Crippen LogP contribution in [0.25, 0.3) is 11.1 Å². The molecule has 2 aromatic carbocycles. The number of carbonyl (C=O) groups is 2. The topological polar surface area (TPSA) is 89.8 Å². The number of amides is 2. The number of anilines is 1. The Bertz CT molecular complexity index is 1040. The lowest BCUT2D eigenvalue weighted by atomic mass is 10.0. The minimum atomic E-state index is -2.98. The van der Waals surface area contributed by atoms with Crippen LogP contribution >= 0.6 is 0 Å². The van der Waals surface area contributed by atoms with Gasteiger partial charge in [-0.2, -0.15) is 8.78 Å². The van der Waals surface area contributed by atoms with Gasteiger partial charge in [-0.05, 0) is 54.4 Å². The molecule has 0 saturated heterocycles. The lowest BCUT2D eigenvalue weighted by Crippen LogP contribution is -2.25. The maximum atomic E-state index is 12.8. The van der Waals surface area contributed by atoms with E-state index in [-0.39, 0.29) is 29.7 Å². The van der Waals surface area contributed by atoms with Gasteiger partial charge in [-0.3, -0.25) is 9.59 Å². The molecule has 3 rings (SSSR count). The lowest BCUT2D eigenvalue weighted by Gasteiger charge is -2.14. The van der Waals surface area contributed by atoms with Crippen molar-refractivity contribution in [3.63, 3.8) is 0 Å². The van der Waals surface area contributed by atoms with Crippen molar-refractivity contribution < 1.29 is 32.3 Å². The maximum Gasteiger partial charge on any atom is 0.387 e. The van der Waals surface area contributed by atoms with Crippen molar-refractivity contribution in [1.82, 2.24) is 5.32 Å². The predicted octanol–water partition coefficient (Wildman–Crippen LogP) is 4.71. The number of benzene rings is 2. The second-order valence-corrected chi connectivity index (χ2v) is 6.70. The van der Waals surface area contributed by atoms with E-state index in [2.05, 4.69) is 15.4 Å². The summed E-state index contributed by atoms with van der Waals surface area (Å²) in [5.41, 5.74) is 1.46. The van der Waals surface area contributed by atoms with Gasteiger partial charge in [0.25, 0.3) is 5.91 Å². The van der Waals surface area contributed by atoms with E-state index in [9.17, 15) is 18.4 Å². The van der Waals surface area contributed by atoms with Crippen LogP contribution in [0.3, 0.4) is 0 Å². The standard InChI is InChI=1S/C23H22F2N2O5/c1-30-17-9-6-15(7-10-17)18-14-16(8-11-19(18)32-23(24)25)27-21(28)5-2-12-26-22(29)20-4-3-13-31-20/h3-4,6-11,13-14,23H,2,5,12H2,1H3,(H,26,29)(H,27,28). The predicted molar refractivity (Wildman–Crippen MR) is 114 cm³/mol. The molecular weight excluding hydrogens is 422 g/mol. The molecule has 0 unspecified atom stereocenters. The molecule has 0 saturated carbocycles. The van der Waals surface area contributed by atoms with Crippen LogP contribution < -0.4 is 20.1 Å². The fourth-order valence-corrected chi connectivity index (χ4v) is 2.97. The zero-order valence-corrected chi connectivity index (χ0v) is 17.3. The van der Waals surface area contributed by atoms with Crippen LogP contribution in [0.4, 0.5) is 14.5 Å². The summed E-state index contributed by atoms with van der Waals surface area (Å²) in [4.78, 5) is 24.1. The van der Waals surface area contributed by atoms with Crippen LogP contribution in [0.2, 0.25) is 0 Å². The molecule has 2 N–H and O–H groups in total. The van der Waals surface area contributed by atoms with Crippen molar-refractivity contribution in [3.8, 4) is 22.6 Å². The molecule has 9 heteroatoms. The van der Waals surface area contributed by atoms with Crippen molar-refractivity contribution >= 4 is 17.5 Å². The zero-order valence-electron chi connectivity index (χ0n) is 17.3. The summed E-state index contributed by atoms with van der Waals surface area (Å²) in [5.74, 6) is 0.179. The quantitative estimate of drug-likeness (QED) is 0.442. The average Bonchev–Trinajstić information content (AvgIpc) is 3.32. The largest absolute Gasteiger partial charge is 0.497 e. The molecule has 3 aromatic rings. The van der Waals surface area contributed by atoms with Crippen molar-refractivity contribution in [2.45, 2.75) is 19.5 Å². The van der Waals surface area contributed by atoms with E-state index in [0.717, 1.165) is 0 Å². The first-order valence-electron chi connectivity index (χ1n) is 9.81. The van der Waals surface area contributed by atoms with Crippen LogP contribution in [0.1, 0.15) is 23.4 Å². The Balaban J connectivity index is 1.61. The van der Waals surface area contributed by atoms with Gasteiger partial charge in [0.1, 0.15) is 11.5 Å². The first-order valence-corrected chi connectivity index (χ1v) is 9.81. The van der Waals surface area contributed by atoms with E-state index in [1.165, 1.54) is 25.5 Å². The van der Waals surface area contributed by atoms with Gasteiger partial charge < -0.3 is 24.5 Å². The van der Waals surface area contributed by atoms with Gasteiger partial charge in [-0.25, -0.2) is 0 Å². The average molecular weight is 444 g/mol. The first kappa shape index (κ1) is 22.8. The summed E-state index contributed by atoms with van der Waals surface area (Å²) in [6.07, 6.45) is 1.97. The molecule has 0 bridgehead atoms. The van der Waals surface area contributed by atoms with Crippen molar-refractivity contribution in [3.05, 3.63) is 66.6 Å². The highest BCUT2D eigenvalue weighted by Crippen LogP contribution is 2.34. The Hall–Kier alpha value is -3.88. The van der Waals surface area contributed by atoms with Gasteiger partial charge in [-0.15, -0.1) is 0 Å². The SMILES string of the molecule is COc1ccc(-c2cc(NC(=O)CCCNC(=O)c3ccco3)ccc2OC(F)F)cc1. The Morgan fingerprint density at radius 3 is 2.53 bits per heavy atom. The minimum absolute atomic E-state index is 0.0104. The third kappa shape index (κ3) is 6.31. The van der Waals surface area contributed by atoms with E-state index >= 15 is 0 Å². The highest BCUT2D eigenvalue weighted by molar-refractivity contribution is 5.92. The van der Waals surface area contributed by atoms with Crippen LogP contribution in [-0.4, -0.2) is 32.1 Å². The second-order valence-electron chi connectivity index (χ2n) is 6.70. The molecule has 2 amide bonds. The number of alkyl halides is 2. The maximum absolute atomic E-state index is 12.8. The van der Waals surface area contributed by atoms with E-state index in [1.807, 2.05) is 0 Å². The van der Waals surface area contributed by atoms with Crippen LogP contribution in [-0.2, 0) is 4.79 Å². The fraction of sp³-hybridized carbons (Fsp3) is 0.217. The minimum Gasteiger partial charge on any atom is -0.497 e. The van der Waals surface area contributed by atoms with Gasteiger partial charge in [0, 0.05) is 24.2 Å². The Kier molecular flexibility index (Phi) is 7.80. The molecule has 0 radical (unpaired) electrons. The second kappa shape index (κ2) is 10.9. The molecule has 0 aliphatic carbocycles. The molecule has 0 fully saturated rings. The molecule has 1 heterocycles. The lowest BCUT2D eigenvalue weighted by molar-refractivity contribution is -0.116. The molecule has 0 atom stereocenters. The summed E-state index contributed by atoms with van der Waals surface area (Å²) in [5, 5.41) is 5.39. The normalized spacial score (nSPS) is 10.6. The highest BCUT2D eigenvalue weighted by atomic mass is 19.3. The van der Waals surface area contributed by atoms with Crippen molar-refractivity contribution in [2.24, 2.45) is 0 Å². The summed E-state index contributed by atoms with van der Waals surface area (Å²) >= 11 is 0. The number of halogens is 2.